The molecular formula is C23H23NO3S. The molecule has 0 atom stereocenters. The first-order valence-electron chi connectivity index (χ1n) is 9.16. The molecule has 0 aliphatic carbocycles. The van der Waals surface area contributed by atoms with Crippen molar-refractivity contribution in [2.75, 3.05) is 6.54 Å². The van der Waals surface area contributed by atoms with Crippen molar-refractivity contribution in [3.8, 4) is 0 Å². The number of nitrogens with zero attached hydrogens (tertiary/aromatic N) is 1. The lowest BCUT2D eigenvalue weighted by Crippen LogP contribution is -2.32. The van der Waals surface area contributed by atoms with Gasteiger partial charge in [0.05, 0.1) is 4.90 Å². The summed E-state index contributed by atoms with van der Waals surface area (Å²) >= 11 is 0. The maximum Gasteiger partial charge on any atom is 0.243 e. The Morgan fingerprint density at radius 2 is 1.32 bits per heavy atom. The summed E-state index contributed by atoms with van der Waals surface area (Å²) in [6.45, 7) is 2.13. The second kappa shape index (κ2) is 8.95. The summed E-state index contributed by atoms with van der Waals surface area (Å²) in [5.74, 6) is -0.0887. The largest absolute Gasteiger partial charge is 0.295 e. The molecule has 0 unspecified atom stereocenters. The minimum Gasteiger partial charge on any atom is -0.295 e. The summed E-state index contributed by atoms with van der Waals surface area (Å²) in [7, 11) is -3.69. The van der Waals surface area contributed by atoms with Crippen molar-refractivity contribution < 1.29 is 13.2 Å². The van der Waals surface area contributed by atoms with E-state index in [1.54, 1.807) is 12.1 Å². The summed E-state index contributed by atoms with van der Waals surface area (Å²) in [5.41, 5.74) is 2.51. The highest BCUT2D eigenvalue weighted by molar-refractivity contribution is 7.89. The molecule has 0 spiro atoms. The van der Waals surface area contributed by atoms with Crippen molar-refractivity contribution in [1.82, 2.24) is 4.31 Å². The first-order valence-corrected chi connectivity index (χ1v) is 10.6. The van der Waals surface area contributed by atoms with Crippen molar-refractivity contribution in [2.45, 2.75) is 24.8 Å². The van der Waals surface area contributed by atoms with E-state index in [-0.39, 0.29) is 10.7 Å². The third kappa shape index (κ3) is 4.94. The van der Waals surface area contributed by atoms with Gasteiger partial charge in [0.25, 0.3) is 0 Å². The topological polar surface area (TPSA) is 54.5 Å². The second-order valence-corrected chi connectivity index (χ2v) is 8.58. The first-order chi connectivity index (χ1) is 13.5. The molecule has 0 aliphatic heterocycles. The van der Waals surface area contributed by atoms with Crippen LogP contribution in [0.5, 0.6) is 0 Å². The highest BCUT2D eigenvalue weighted by Gasteiger charge is 2.24. The lowest BCUT2D eigenvalue weighted by molar-refractivity contribution is 0.101. The molecule has 28 heavy (non-hydrogen) atoms. The van der Waals surface area contributed by atoms with E-state index >= 15 is 0 Å². The number of ketones is 1. The third-order valence-corrected chi connectivity index (χ3v) is 6.45. The van der Waals surface area contributed by atoms with Gasteiger partial charge in [0.2, 0.25) is 10.0 Å². The predicted molar refractivity (Wildman–Crippen MR) is 111 cm³/mol. The number of carbonyl (C=O) groups is 1. The van der Waals surface area contributed by atoms with E-state index in [9.17, 15) is 13.2 Å². The molecule has 0 aliphatic rings. The van der Waals surface area contributed by atoms with Crippen LogP contribution in [-0.4, -0.2) is 25.1 Å². The van der Waals surface area contributed by atoms with E-state index in [0.29, 0.717) is 25.1 Å². The number of sulfonamides is 1. The normalized spacial score (nSPS) is 11.5. The molecule has 3 rings (SSSR count). The molecule has 3 aromatic carbocycles. The van der Waals surface area contributed by atoms with Crippen molar-refractivity contribution in [3.63, 3.8) is 0 Å². The zero-order valence-electron chi connectivity index (χ0n) is 15.8. The van der Waals surface area contributed by atoms with Crippen molar-refractivity contribution in [3.05, 3.63) is 102 Å². The summed E-state index contributed by atoms with van der Waals surface area (Å²) in [5, 5.41) is 0. The standard InChI is InChI=1S/C23H23NO3S/c1-19(25)22-12-14-23(15-13-22)28(26,27)24(18-21-10-6-3-7-11-21)17-16-20-8-4-2-5-9-20/h2-15H,16-18H2,1H3. The van der Waals surface area contributed by atoms with E-state index in [4.69, 9.17) is 0 Å². The number of Topliss-reactive ketones (excluding diaryl/α,β-unsaturated/α-hetero) is 1. The monoisotopic (exact) mass is 393 g/mol. The molecule has 0 saturated heterocycles. The smallest absolute Gasteiger partial charge is 0.243 e. The lowest BCUT2D eigenvalue weighted by Gasteiger charge is -2.22. The SMILES string of the molecule is CC(=O)c1ccc(S(=O)(=O)N(CCc2ccccc2)Cc2ccccc2)cc1. The summed E-state index contributed by atoms with van der Waals surface area (Å²) in [4.78, 5) is 11.7. The van der Waals surface area contributed by atoms with E-state index < -0.39 is 10.0 Å². The van der Waals surface area contributed by atoms with E-state index in [0.717, 1.165) is 11.1 Å². The Kier molecular flexibility index (Phi) is 6.39. The Morgan fingerprint density at radius 3 is 1.86 bits per heavy atom. The fourth-order valence-corrected chi connectivity index (χ4v) is 4.41. The molecule has 3 aromatic rings. The Hall–Kier alpha value is -2.76. The molecule has 0 fully saturated rings. The molecule has 4 nitrogen and oxygen atoms in total. The van der Waals surface area contributed by atoms with Gasteiger partial charge < -0.3 is 0 Å². The fourth-order valence-electron chi connectivity index (χ4n) is 2.98. The van der Waals surface area contributed by atoms with Gasteiger partial charge in [0.15, 0.2) is 5.78 Å². The summed E-state index contributed by atoms with van der Waals surface area (Å²) in [6, 6.07) is 25.5. The molecular weight excluding hydrogens is 370 g/mol. The van der Waals surface area contributed by atoms with Crippen LogP contribution in [-0.2, 0) is 23.0 Å². The second-order valence-electron chi connectivity index (χ2n) is 6.64. The van der Waals surface area contributed by atoms with Crippen LogP contribution in [0.2, 0.25) is 0 Å². The van der Waals surface area contributed by atoms with Crippen LogP contribution < -0.4 is 0 Å². The van der Waals surface area contributed by atoms with Crippen LogP contribution in [0.3, 0.4) is 0 Å². The van der Waals surface area contributed by atoms with Gasteiger partial charge in [-0.25, -0.2) is 8.42 Å². The van der Waals surface area contributed by atoms with Gasteiger partial charge in [-0.15, -0.1) is 0 Å². The third-order valence-electron chi connectivity index (χ3n) is 4.59. The number of hydrogen-bond donors (Lipinski definition) is 0. The van der Waals surface area contributed by atoms with Crippen molar-refractivity contribution in [2.24, 2.45) is 0 Å². The molecule has 0 saturated carbocycles. The van der Waals surface area contributed by atoms with E-state index in [1.807, 2.05) is 60.7 Å². The molecule has 0 amide bonds. The molecule has 0 bridgehead atoms. The maximum atomic E-state index is 13.3. The van der Waals surface area contributed by atoms with E-state index in [1.165, 1.54) is 23.4 Å². The number of rotatable bonds is 8. The van der Waals surface area contributed by atoms with Crippen LogP contribution in [0.1, 0.15) is 28.4 Å². The molecule has 144 valence electrons. The summed E-state index contributed by atoms with van der Waals surface area (Å²) < 4.78 is 28.1. The Balaban J connectivity index is 1.88. The van der Waals surface area contributed by atoms with Crippen LogP contribution in [0.4, 0.5) is 0 Å². The maximum absolute atomic E-state index is 13.3. The molecule has 5 heteroatoms. The Morgan fingerprint density at radius 1 is 0.786 bits per heavy atom. The average Bonchev–Trinajstić information content (AvgIpc) is 2.72. The van der Waals surface area contributed by atoms with Gasteiger partial charge in [0, 0.05) is 18.7 Å². The van der Waals surface area contributed by atoms with Gasteiger partial charge in [-0.05, 0) is 36.6 Å². The summed E-state index contributed by atoms with van der Waals surface area (Å²) in [6.07, 6.45) is 0.623. The Labute approximate surface area is 166 Å². The zero-order valence-corrected chi connectivity index (χ0v) is 16.6. The fraction of sp³-hybridized carbons (Fsp3) is 0.174. The number of benzene rings is 3. The van der Waals surface area contributed by atoms with Crippen LogP contribution in [0.15, 0.2) is 89.8 Å². The van der Waals surface area contributed by atoms with Gasteiger partial charge in [-0.3, -0.25) is 4.79 Å². The minimum absolute atomic E-state index is 0.0887. The predicted octanol–water partition coefficient (Wildman–Crippen LogP) is 4.32. The van der Waals surface area contributed by atoms with Crippen molar-refractivity contribution in [1.29, 1.82) is 0 Å². The highest BCUT2D eigenvalue weighted by Crippen LogP contribution is 2.20. The lowest BCUT2D eigenvalue weighted by atomic mass is 10.1. The molecule has 0 radical (unpaired) electrons. The quantitative estimate of drug-likeness (QED) is 0.536. The molecule has 0 aromatic heterocycles. The van der Waals surface area contributed by atoms with Gasteiger partial charge in [-0.1, -0.05) is 72.8 Å². The van der Waals surface area contributed by atoms with Gasteiger partial charge in [-0.2, -0.15) is 4.31 Å². The van der Waals surface area contributed by atoms with Crippen LogP contribution in [0.25, 0.3) is 0 Å². The molecule has 0 heterocycles. The first kappa shape index (κ1) is 20.0. The minimum atomic E-state index is -3.69. The Bertz CT molecular complexity index is 1010. The average molecular weight is 394 g/mol. The van der Waals surface area contributed by atoms with Gasteiger partial charge in [0.1, 0.15) is 0 Å². The highest BCUT2D eigenvalue weighted by atomic mass is 32.2. The van der Waals surface area contributed by atoms with Gasteiger partial charge >= 0.3 is 0 Å². The van der Waals surface area contributed by atoms with Crippen LogP contribution >= 0.6 is 0 Å². The van der Waals surface area contributed by atoms with Crippen LogP contribution in [0, 0.1) is 0 Å². The van der Waals surface area contributed by atoms with E-state index in [2.05, 4.69) is 0 Å². The van der Waals surface area contributed by atoms with Crippen molar-refractivity contribution >= 4 is 15.8 Å². The molecule has 0 N–H and O–H groups in total. The number of carbonyl (C=O) groups excluding carboxylic acids is 1. The zero-order chi connectivity index (χ0) is 20.0. The number of hydrogen-bond acceptors (Lipinski definition) is 3.